The van der Waals surface area contributed by atoms with Gasteiger partial charge in [-0.1, -0.05) is 84.9 Å². The van der Waals surface area contributed by atoms with Crippen LogP contribution in [0.5, 0.6) is 11.5 Å². The van der Waals surface area contributed by atoms with E-state index in [-0.39, 0.29) is 9.79 Å². The van der Waals surface area contributed by atoms with Crippen molar-refractivity contribution in [1.29, 1.82) is 0 Å². The van der Waals surface area contributed by atoms with Gasteiger partial charge in [0.1, 0.15) is 24.7 Å². The molecule has 0 saturated carbocycles. The lowest BCUT2D eigenvalue weighted by Crippen LogP contribution is -2.34. The Morgan fingerprint density at radius 3 is 1.11 bits per heavy atom. The molecule has 0 aliphatic rings. The van der Waals surface area contributed by atoms with Crippen LogP contribution in [0, 0.1) is 0 Å². The van der Waals surface area contributed by atoms with Crippen molar-refractivity contribution in [2.24, 2.45) is 0 Å². The number of hydrogen-bond acceptors (Lipinski definition) is 8. The van der Waals surface area contributed by atoms with Crippen LogP contribution >= 0.6 is 0 Å². The van der Waals surface area contributed by atoms with Gasteiger partial charge in [0.2, 0.25) is 0 Å². The summed E-state index contributed by atoms with van der Waals surface area (Å²) < 4.78 is 66.5. The van der Waals surface area contributed by atoms with Crippen molar-refractivity contribution in [1.82, 2.24) is 9.44 Å². The minimum atomic E-state index is -4.14. The summed E-state index contributed by atoms with van der Waals surface area (Å²) in [6.07, 6.45) is 0.512. The van der Waals surface area contributed by atoms with Gasteiger partial charge in [-0.25, -0.2) is 35.9 Å². The third kappa shape index (κ3) is 11.2. The highest BCUT2D eigenvalue weighted by Crippen LogP contribution is 2.20. The summed E-state index contributed by atoms with van der Waals surface area (Å²) in [5.41, 5.74) is 4.50. The second-order valence-corrected chi connectivity index (χ2v) is 15.5. The third-order valence-electron chi connectivity index (χ3n) is 8.05. The molecule has 0 heterocycles. The van der Waals surface area contributed by atoms with Crippen molar-refractivity contribution >= 4 is 43.5 Å². The monoisotopic (exact) mass is 776 g/mol. The minimum Gasteiger partial charge on any atom is -0.489 e. The van der Waals surface area contributed by atoms with Gasteiger partial charge in [0.15, 0.2) is 0 Å². The van der Waals surface area contributed by atoms with E-state index in [4.69, 9.17) is 9.47 Å². The summed E-state index contributed by atoms with van der Waals surface area (Å²) in [7, 11) is -8.28. The van der Waals surface area contributed by atoms with E-state index in [1.54, 1.807) is 48.5 Å². The van der Waals surface area contributed by atoms with E-state index in [2.05, 4.69) is 10.6 Å². The molecule has 0 spiro atoms. The second-order valence-electron chi connectivity index (χ2n) is 12.2. The summed E-state index contributed by atoms with van der Waals surface area (Å²) in [6, 6.07) is 42.5. The number of benzene rings is 6. The van der Waals surface area contributed by atoms with E-state index in [1.165, 1.54) is 48.5 Å². The smallest absolute Gasteiger partial charge is 0.333 e. The zero-order chi connectivity index (χ0) is 38.7. The molecule has 0 fully saturated rings. The van der Waals surface area contributed by atoms with Gasteiger partial charge in [0, 0.05) is 11.4 Å². The lowest BCUT2D eigenvalue weighted by molar-refractivity contribution is 0.255. The quantitative estimate of drug-likeness (QED) is 0.0884. The summed E-state index contributed by atoms with van der Waals surface area (Å²) in [5.74, 6) is 0.973. The van der Waals surface area contributed by atoms with E-state index < -0.39 is 32.1 Å². The van der Waals surface area contributed by atoms with E-state index in [0.29, 0.717) is 42.5 Å². The van der Waals surface area contributed by atoms with Crippen molar-refractivity contribution in [2.75, 3.05) is 10.6 Å². The number of carbonyl (C=O) groups excluding carboxylic acids is 2. The maximum atomic E-state index is 12.8. The zero-order valence-electron chi connectivity index (χ0n) is 29.2. The molecular formula is C41H36N4O8S2. The Balaban J connectivity index is 0.940. The Morgan fingerprint density at radius 1 is 0.418 bits per heavy atom. The highest BCUT2D eigenvalue weighted by atomic mass is 32.2. The molecule has 0 unspecified atom stereocenters. The SMILES string of the molecule is O=C(Nc1ccc(Cc2ccc(NC(=O)NS(=O)(=O)c3ccc(OCc4ccccc4)cc3)cc2)cc1)NS(=O)(=O)c1ccc(OCc2ccccc2)cc1. The van der Waals surface area contributed by atoms with Crippen molar-refractivity contribution in [2.45, 2.75) is 29.4 Å². The molecule has 6 rings (SSSR count). The lowest BCUT2D eigenvalue weighted by atomic mass is 10.0. The van der Waals surface area contributed by atoms with E-state index in [0.717, 1.165) is 22.3 Å². The van der Waals surface area contributed by atoms with Crippen molar-refractivity contribution in [3.8, 4) is 11.5 Å². The van der Waals surface area contributed by atoms with Gasteiger partial charge in [0.25, 0.3) is 20.0 Å². The van der Waals surface area contributed by atoms with Crippen LogP contribution in [0.3, 0.4) is 0 Å². The second kappa shape index (κ2) is 17.5. The summed E-state index contributed by atoms with van der Waals surface area (Å²) in [5, 5.41) is 5.05. The van der Waals surface area contributed by atoms with Crippen LogP contribution < -0.4 is 29.6 Å². The van der Waals surface area contributed by atoms with E-state index >= 15 is 0 Å². The van der Waals surface area contributed by atoms with Gasteiger partial charge in [-0.15, -0.1) is 0 Å². The van der Waals surface area contributed by atoms with Gasteiger partial charge in [0.05, 0.1) is 9.79 Å². The molecule has 0 aromatic heterocycles. The van der Waals surface area contributed by atoms with Gasteiger partial charge in [-0.3, -0.25) is 0 Å². The molecule has 4 amide bonds. The highest BCUT2D eigenvalue weighted by Gasteiger charge is 2.19. The van der Waals surface area contributed by atoms with Crippen LogP contribution in [0.1, 0.15) is 22.3 Å². The number of carbonyl (C=O) groups is 2. The lowest BCUT2D eigenvalue weighted by Gasteiger charge is -2.11. The molecule has 0 aliphatic heterocycles. The summed E-state index contributed by atoms with van der Waals surface area (Å²) >= 11 is 0. The van der Waals surface area contributed by atoms with Crippen LogP contribution in [-0.2, 0) is 39.7 Å². The Labute approximate surface area is 319 Å². The number of ether oxygens (including phenoxy) is 2. The predicted molar refractivity (Wildman–Crippen MR) is 209 cm³/mol. The van der Waals surface area contributed by atoms with Gasteiger partial charge in [-0.2, -0.15) is 0 Å². The molecule has 280 valence electrons. The number of anilines is 2. The van der Waals surface area contributed by atoms with Gasteiger partial charge < -0.3 is 20.1 Å². The van der Waals surface area contributed by atoms with Gasteiger partial charge >= 0.3 is 12.1 Å². The Morgan fingerprint density at radius 2 is 0.764 bits per heavy atom. The number of sulfonamides is 2. The molecule has 12 nitrogen and oxygen atoms in total. The molecule has 0 radical (unpaired) electrons. The van der Waals surface area contributed by atoms with E-state index in [1.807, 2.05) is 70.1 Å². The standard InChI is InChI=1S/C41H36N4O8S2/c46-40(44-54(48,49)38-23-19-36(20-24-38)52-28-32-7-3-1-4-8-32)42-34-15-11-30(12-16-34)27-31-13-17-35(18-14-31)43-41(47)45-55(50,51)39-25-21-37(22-26-39)53-29-33-9-5-2-6-10-33/h1-26H,27-29H2,(H2,42,44,46)(H2,43,45,47). The summed E-state index contributed by atoms with van der Waals surface area (Å²) in [6.45, 7) is 0.661. The van der Waals surface area contributed by atoms with Crippen LogP contribution in [0.15, 0.2) is 168 Å². The fourth-order valence-corrected chi connectivity index (χ4v) is 7.05. The topological polar surface area (TPSA) is 169 Å². The van der Waals surface area contributed by atoms with Crippen LogP contribution in [0.4, 0.5) is 21.0 Å². The molecule has 0 aliphatic carbocycles. The van der Waals surface area contributed by atoms with Crippen molar-refractivity contribution in [3.63, 3.8) is 0 Å². The molecule has 4 N–H and O–H groups in total. The molecule has 14 heteroatoms. The first-order valence-corrected chi connectivity index (χ1v) is 19.9. The number of hydrogen-bond donors (Lipinski definition) is 4. The first-order valence-electron chi connectivity index (χ1n) is 16.9. The molecule has 6 aromatic carbocycles. The van der Waals surface area contributed by atoms with E-state index in [9.17, 15) is 26.4 Å². The predicted octanol–water partition coefficient (Wildman–Crippen LogP) is 7.46. The fourth-order valence-electron chi connectivity index (χ4n) is 5.23. The minimum absolute atomic E-state index is 0.0936. The highest BCUT2D eigenvalue weighted by molar-refractivity contribution is 7.90. The largest absolute Gasteiger partial charge is 0.489 e. The summed E-state index contributed by atoms with van der Waals surface area (Å²) in [4.78, 5) is 24.9. The number of rotatable bonds is 14. The average molecular weight is 777 g/mol. The first-order chi connectivity index (χ1) is 26.5. The number of urea groups is 2. The van der Waals surface area contributed by atoms with Crippen LogP contribution in [0.25, 0.3) is 0 Å². The molecule has 0 saturated heterocycles. The number of nitrogens with one attached hydrogen (secondary N) is 4. The molecule has 6 aromatic rings. The fraction of sp³-hybridized carbons (Fsp3) is 0.0732. The molecule has 55 heavy (non-hydrogen) atoms. The molecule has 0 bridgehead atoms. The number of amides is 4. The van der Waals surface area contributed by atoms with Crippen LogP contribution in [0.2, 0.25) is 0 Å². The Hall–Kier alpha value is -6.64. The van der Waals surface area contributed by atoms with Crippen molar-refractivity contribution in [3.05, 3.63) is 180 Å². The molecular weight excluding hydrogens is 741 g/mol. The normalized spacial score (nSPS) is 11.2. The van der Waals surface area contributed by atoms with Crippen LogP contribution in [-0.4, -0.2) is 28.9 Å². The average Bonchev–Trinajstić information content (AvgIpc) is 3.18. The first kappa shape index (κ1) is 38.1. The van der Waals surface area contributed by atoms with Crippen molar-refractivity contribution < 1.29 is 35.9 Å². The third-order valence-corrected chi connectivity index (χ3v) is 10.7. The Bertz CT molecular complexity index is 2260. The maximum absolute atomic E-state index is 12.8. The maximum Gasteiger partial charge on any atom is 0.333 e. The van der Waals surface area contributed by atoms with Gasteiger partial charge in [-0.05, 0) is 101 Å². The molecule has 0 atom stereocenters. The Kier molecular flexibility index (Phi) is 12.1. The zero-order valence-corrected chi connectivity index (χ0v) is 30.8.